The second-order valence-electron chi connectivity index (χ2n) is 3.64. The molecule has 1 aromatic carbocycles. The molecule has 1 rings (SSSR count). The molecule has 0 aliphatic carbocycles. The van der Waals surface area contributed by atoms with Gasteiger partial charge in [0.2, 0.25) is 0 Å². The van der Waals surface area contributed by atoms with E-state index >= 15 is 0 Å². The van der Waals surface area contributed by atoms with Crippen molar-refractivity contribution in [1.29, 1.82) is 0 Å². The fraction of sp³-hybridized carbons (Fsp3) is 0.455. The lowest BCUT2D eigenvalue weighted by Gasteiger charge is -2.18. The highest BCUT2D eigenvalue weighted by atomic mass is 32.2. The van der Waals surface area contributed by atoms with Gasteiger partial charge in [0.25, 0.3) is 0 Å². The van der Waals surface area contributed by atoms with Crippen molar-refractivity contribution in [2.24, 2.45) is 11.7 Å². The summed E-state index contributed by atoms with van der Waals surface area (Å²) in [6.45, 7) is -0.579. The molecule has 0 spiro atoms. The molecule has 0 aliphatic rings. The fourth-order valence-electron chi connectivity index (χ4n) is 1.38. The molecule has 0 bridgehead atoms. The topological polar surface area (TPSA) is 52.3 Å². The Labute approximate surface area is 106 Å². The van der Waals surface area contributed by atoms with Gasteiger partial charge in [0, 0.05) is 12.3 Å². The monoisotopic (exact) mass is 281 g/mol. The molecule has 0 aliphatic heterocycles. The van der Waals surface area contributed by atoms with Crippen LogP contribution in [-0.2, 0) is 10.8 Å². The molecule has 2 unspecified atom stereocenters. The van der Waals surface area contributed by atoms with Gasteiger partial charge in [-0.15, -0.1) is 0 Å². The summed E-state index contributed by atoms with van der Waals surface area (Å²) in [5.41, 5.74) is 5.07. The highest BCUT2D eigenvalue weighted by Crippen LogP contribution is 2.29. The smallest absolute Gasteiger partial charge is 0.393 e. The molecule has 7 heteroatoms. The number of nitrogens with two attached hydrogens (primary N) is 1. The van der Waals surface area contributed by atoms with Crippen molar-refractivity contribution < 1.29 is 22.1 Å². The summed E-state index contributed by atoms with van der Waals surface area (Å²) in [6, 6.07) is 6.29. The molecule has 2 N–H and O–H groups in total. The normalized spacial score (nSPS) is 15.2. The van der Waals surface area contributed by atoms with Crippen molar-refractivity contribution in [3.05, 3.63) is 24.3 Å². The first-order valence-corrected chi connectivity index (χ1v) is 6.50. The zero-order chi connectivity index (χ0) is 13.8. The summed E-state index contributed by atoms with van der Waals surface area (Å²) in [5.74, 6) is -2.02. The van der Waals surface area contributed by atoms with Crippen LogP contribution in [0, 0.1) is 5.92 Å². The molecule has 18 heavy (non-hydrogen) atoms. The molecule has 0 amide bonds. The maximum atomic E-state index is 12.5. The van der Waals surface area contributed by atoms with Crippen LogP contribution in [-0.4, -0.2) is 29.8 Å². The third kappa shape index (κ3) is 3.71. The van der Waals surface area contributed by atoms with Gasteiger partial charge < -0.3 is 10.5 Å². The van der Waals surface area contributed by atoms with E-state index < -0.39 is 35.2 Å². The summed E-state index contributed by atoms with van der Waals surface area (Å²) < 4.78 is 54.5. The minimum atomic E-state index is -4.44. The molecule has 3 nitrogen and oxygen atoms in total. The molecule has 0 saturated heterocycles. The van der Waals surface area contributed by atoms with Crippen LogP contribution in [0.2, 0.25) is 0 Å². The Hall–Kier alpha value is -1.08. The van der Waals surface area contributed by atoms with Gasteiger partial charge in [-0.2, -0.15) is 13.2 Å². The number of para-hydroxylation sites is 1. The average Bonchev–Trinajstić information content (AvgIpc) is 2.34. The number of hydrogen-bond acceptors (Lipinski definition) is 3. The second kappa shape index (κ2) is 6.19. The zero-order valence-corrected chi connectivity index (χ0v) is 10.6. The molecule has 0 fully saturated rings. The molecule has 0 heterocycles. The number of rotatable bonds is 5. The van der Waals surface area contributed by atoms with E-state index in [1.165, 1.54) is 13.2 Å². The minimum absolute atomic E-state index is 0.253. The number of alkyl halides is 3. The predicted molar refractivity (Wildman–Crippen MR) is 62.9 cm³/mol. The van der Waals surface area contributed by atoms with Crippen LogP contribution in [0.5, 0.6) is 5.75 Å². The number of methoxy groups -OCH3 is 1. The van der Waals surface area contributed by atoms with Crippen LogP contribution in [0.15, 0.2) is 29.2 Å². The summed E-state index contributed by atoms with van der Waals surface area (Å²) in [5, 5.41) is 0. The van der Waals surface area contributed by atoms with Gasteiger partial charge in [-0.1, -0.05) is 12.1 Å². The van der Waals surface area contributed by atoms with E-state index in [4.69, 9.17) is 10.5 Å². The lowest BCUT2D eigenvalue weighted by atomic mass is 10.2. The van der Waals surface area contributed by atoms with Gasteiger partial charge in [0.1, 0.15) is 5.75 Å². The first-order chi connectivity index (χ1) is 8.40. The van der Waals surface area contributed by atoms with Crippen molar-refractivity contribution in [1.82, 2.24) is 0 Å². The van der Waals surface area contributed by atoms with Crippen molar-refractivity contribution in [3.8, 4) is 5.75 Å². The number of halogens is 3. The largest absolute Gasteiger partial charge is 0.495 e. The summed E-state index contributed by atoms with van der Waals surface area (Å²) in [6.07, 6.45) is -4.44. The zero-order valence-electron chi connectivity index (χ0n) is 9.74. The molecule has 0 radical (unpaired) electrons. The Bertz CT molecular complexity index is 423. The number of ether oxygens (including phenoxy) is 1. The van der Waals surface area contributed by atoms with Crippen LogP contribution >= 0.6 is 0 Å². The Balaban J connectivity index is 2.88. The van der Waals surface area contributed by atoms with E-state index in [-0.39, 0.29) is 4.90 Å². The molecule has 0 aromatic heterocycles. The average molecular weight is 281 g/mol. The van der Waals surface area contributed by atoms with Crippen LogP contribution in [0.4, 0.5) is 13.2 Å². The lowest BCUT2D eigenvalue weighted by molar-refractivity contribution is -0.165. The van der Waals surface area contributed by atoms with Crippen molar-refractivity contribution >= 4 is 10.8 Å². The molecular formula is C11H14F3NO2S. The van der Waals surface area contributed by atoms with E-state index in [0.29, 0.717) is 5.75 Å². The van der Waals surface area contributed by atoms with Gasteiger partial charge in [-0.05, 0) is 12.1 Å². The molecule has 1 aromatic rings. The maximum Gasteiger partial charge on any atom is 0.393 e. The van der Waals surface area contributed by atoms with E-state index in [0.717, 1.165) is 0 Å². The minimum Gasteiger partial charge on any atom is -0.495 e. The Kier molecular flexibility index (Phi) is 5.15. The molecular weight excluding hydrogens is 267 g/mol. The van der Waals surface area contributed by atoms with Gasteiger partial charge in [0.15, 0.2) is 0 Å². The number of benzene rings is 1. The SMILES string of the molecule is COc1ccccc1S(=O)CC(CN)C(F)(F)F. The van der Waals surface area contributed by atoms with Crippen LogP contribution in [0.1, 0.15) is 0 Å². The third-order valence-electron chi connectivity index (χ3n) is 2.41. The lowest BCUT2D eigenvalue weighted by Crippen LogP contribution is -2.34. The quantitative estimate of drug-likeness (QED) is 0.897. The van der Waals surface area contributed by atoms with E-state index in [1.54, 1.807) is 18.2 Å². The van der Waals surface area contributed by atoms with Gasteiger partial charge >= 0.3 is 6.18 Å². The maximum absolute atomic E-state index is 12.5. The summed E-state index contributed by atoms with van der Waals surface area (Å²) in [7, 11) is -0.421. The standard InChI is InChI=1S/C11H14F3NO2S/c1-17-9-4-2-3-5-10(9)18(16)7-8(6-15)11(12,13)14/h2-5,8H,6-7,15H2,1H3. The molecule has 0 saturated carbocycles. The van der Waals surface area contributed by atoms with Gasteiger partial charge in [-0.25, -0.2) is 0 Å². The van der Waals surface area contributed by atoms with Crippen molar-refractivity contribution in [3.63, 3.8) is 0 Å². The highest BCUT2D eigenvalue weighted by Gasteiger charge is 2.39. The first-order valence-electron chi connectivity index (χ1n) is 5.18. The van der Waals surface area contributed by atoms with Gasteiger partial charge in [0.05, 0.1) is 28.7 Å². The predicted octanol–water partition coefficient (Wildman–Crippen LogP) is 1.94. The summed E-state index contributed by atoms with van der Waals surface area (Å²) in [4.78, 5) is 0.253. The van der Waals surface area contributed by atoms with Crippen LogP contribution < -0.4 is 10.5 Å². The van der Waals surface area contributed by atoms with Crippen molar-refractivity contribution in [2.45, 2.75) is 11.1 Å². The first kappa shape index (κ1) is 15.0. The molecule has 102 valence electrons. The highest BCUT2D eigenvalue weighted by molar-refractivity contribution is 7.85. The Morgan fingerprint density at radius 2 is 2.00 bits per heavy atom. The number of hydrogen-bond donors (Lipinski definition) is 1. The Morgan fingerprint density at radius 3 is 2.50 bits per heavy atom. The molecule has 2 atom stereocenters. The van der Waals surface area contributed by atoms with E-state index in [2.05, 4.69) is 0 Å². The Morgan fingerprint density at radius 1 is 1.39 bits per heavy atom. The van der Waals surface area contributed by atoms with Gasteiger partial charge in [-0.3, -0.25) is 4.21 Å². The van der Waals surface area contributed by atoms with E-state index in [1.807, 2.05) is 0 Å². The second-order valence-corrected chi connectivity index (χ2v) is 5.10. The summed E-state index contributed by atoms with van der Waals surface area (Å²) >= 11 is 0. The fourth-order valence-corrected chi connectivity index (χ4v) is 2.85. The van der Waals surface area contributed by atoms with Crippen LogP contribution in [0.25, 0.3) is 0 Å². The third-order valence-corrected chi connectivity index (χ3v) is 3.95. The van der Waals surface area contributed by atoms with E-state index in [9.17, 15) is 17.4 Å². The van der Waals surface area contributed by atoms with Crippen LogP contribution in [0.3, 0.4) is 0 Å². The van der Waals surface area contributed by atoms with Crippen molar-refractivity contribution in [2.75, 3.05) is 19.4 Å².